The molecule has 4 N–H and O–H groups in total. The van der Waals surface area contributed by atoms with Crippen LogP contribution in [0.3, 0.4) is 0 Å². The number of ether oxygens (including phenoxy) is 2. The zero-order chi connectivity index (χ0) is 26.1. The highest BCUT2D eigenvalue weighted by Crippen LogP contribution is 2.34. The number of amides is 1. The number of carbonyl (C=O) groups excluding carboxylic acids is 1. The van der Waals surface area contributed by atoms with Crippen LogP contribution in [0.2, 0.25) is 0 Å². The molecule has 0 aliphatic heterocycles. The highest BCUT2D eigenvalue weighted by Gasteiger charge is 2.45. The molecular weight excluding hydrogens is 468 g/mol. The van der Waals surface area contributed by atoms with E-state index in [0.717, 1.165) is 16.5 Å². The number of nitrogens with one attached hydrogen (secondary N) is 1. The summed E-state index contributed by atoms with van der Waals surface area (Å²) >= 11 is 0. The van der Waals surface area contributed by atoms with Crippen molar-refractivity contribution in [3.8, 4) is 22.8 Å². The molecule has 11 nitrogen and oxygen atoms in total. The van der Waals surface area contributed by atoms with E-state index in [-0.39, 0.29) is 23.9 Å². The Balaban J connectivity index is 1.45. The number of hydrogen-bond acceptors (Lipinski definition) is 10. The van der Waals surface area contributed by atoms with Gasteiger partial charge in [0.15, 0.2) is 23.1 Å². The van der Waals surface area contributed by atoms with Crippen LogP contribution < -0.4 is 14.8 Å². The molecule has 0 saturated carbocycles. The maximum absolute atomic E-state index is 12.5. The highest BCUT2D eigenvalue weighted by molar-refractivity contribution is 5.91. The Morgan fingerprint density at radius 3 is 2.36 bits per heavy atom. The molecule has 1 aromatic carbocycles. The van der Waals surface area contributed by atoms with E-state index in [9.17, 15) is 20.1 Å². The fraction of sp³-hybridized carbons (Fsp3) is 0.280. The molecular formula is C25H26N4O7. The second kappa shape index (κ2) is 9.53. The number of aromatic nitrogens is 3. The molecule has 188 valence electrons. The van der Waals surface area contributed by atoms with E-state index < -0.39 is 11.4 Å². The fourth-order valence-electron chi connectivity index (χ4n) is 3.46. The van der Waals surface area contributed by atoms with Gasteiger partial charge in [-0.3, -0.25) is 14.8 Å². The first-order chi connectivity index (χ1) is 17.0. The zero-order valence-electron chi connectivity index (χ0n) is 20.1. The summed E-state index contributed by atoms with van der Waals surface area (Å²) in [6, 6.07) is 10.5. The molecule has 3 aromatic heterocycles. The molecule has 0 radical (unpaired) electrons. The van der Waals surface area contributed by atoms with Gasteiger partial charge in [0.05, 0.1) is 31.9 Å². The van der Waals surface area contributed by atoms with Crippen molar-refractivity contribution in [3.63, 3.8) is 0 Å². The molecule has 0 atom stereocenters. The molecule has 36 heavy (non-hydrogen) atoms. The third kappa shape index (κ3) is 4.98. The van der Waals surface area contributed by atoms with Crippen LogP contribution in [0, 0.1) is 0 Å². The number of rotatable bonds is 8. The Morgan fingerprint density at radius 2 is 1.72 bits per heavy atom. The minimum absolute atomic E-state index is 0.0172. The van der Waals surface area contributed by atoms with Gasteiger partial charge in [0.2, 0.25) is 5.91 Å². The van der Waals surface area contributed by atoms with E-state index in [2.05, 4.69) is 20.4 Å². The van der Waals surface area contributed by atoms with Crippen LogP contribution in [0.4, 0.5) is 5.82 Å². The second-order valence-electron chi connectivity index (χ2n) is 8.74. The first-order valence-corrected chi connectivity index (χ1v) is 10.9. The molecule has 1 amide bonds. The number of aliphatic hydroxyl groups is 3. The molecule has 4 rings (SSSR count). The Labute approximate surface area is 206 Å². The average molecular weight is 495 g/mol. The number of benzene rings is 1. The van der Waals surface area contributed by atoms with E-state index in [0.29, 0.717) is 22.8 Å². The van der Waals surface area contributed by atoms with Crippen LogP contribution >= 0.6 is 0 Å². The summed E-state index contributed by atoms with van der Waals surface area (Å²) in [5.41, 5.74) is 1.34. The third-order valence-electron chi connectivity index (χ3n) is 5.90. The maximum atomic E-state index is 12.5. The summed E-state index contributed by atoms with van der Waals surface area (Å²) in [5.74, 6) is -2.15. The van der Waals surface area contributed by atoms with Crippen LogP contribution in [0.15, 0.2) is 53.3 Å². The van der Waals surface area contributed by atoms with Crippen molar-refractivity contribution in [2.24, 2.45) is 0 Å². The summed E-state index contributed by atoms with van der Waals surface area (Å²) in [7, 11) is 3.14. The summed E-state index contributed by atoms with van der Waals surface area (Å²) in [6.45, 7) is 2.70. The Morgan fingerprint density at radius 1 is 1.00 bits per heavy atom. The number of carbonyl (C=O) groups is 1. The van der Waals surface area contributed by atoms with E-state index in [1.807, 2.05) is 12.1 Å². The minimum Gasteiger partial charge on any atom is -0.493 e. The predicted octanol–water partition coefficient (Wildman–Crippen LogP) is 2.39. The van der Waals surface area contributed by atoms with Crippen molar-refractivity contribution in [2.45, 2.75) is 31.7 Å². The number of pyridine rings is 2. The van der Waals surface area contributed by atoms with E-state index in [1.54, 1.807) is 44.8 Å². The van der Waals surface area contributed by atoms with Crippen LogP contribution in [0.5, 0.6) is 11.5 Å². The Kier molecular flexibility index (Phi) is 6.63. The van der Waals surface area contributed by atoms with E-state index in [1.165, 1.54) is 19.9 Å². The van der Waals surface area contributed by atoms with Gasteiger partial charge in [0, 0.05) is 35.5 Å². The van der Waals surface area contributed by atoms with E-state index >= 15 is 0 Å². The standard InChI is InChI=1S/C25H26N4O7/c1-24(2,25(31,32)33)21-11-22(29-36-21)28-23(30)7-14-5-6-17(26-12-14)16-8-15-9-19(34-3)20(35-4)10-18(15)27-13-16/h5-6,8-13,31-33H,7H2,1-4H3,(H,28,29,30). The first kappa shape index (κ1) is 25.0. The van der Waals surface area contributed by atoms with Crippen LogP contribution in [-0.2, 0) is 16.6 Å². The zero-order valence-corrected chi connectivity index (χ0v) is 20.1. The summed E-state index contributed by atoms with van der Waals surface area (Å²) < 4.78 is 15.7. The van der Waals surface area contributed by atoms with Gasteiger partial charge >= 0.3 is 0 Å². The maximum Gasteiger partial charge on any atom is 0.288 e. The molecule has 11 heteroatoms. The van der Waals surface area contributed by atoms with Crippen molar-refractivity contribution in [2.75, 3.05) is 19.5 Å². The molecule has 0 unspecified atom stereocenters. The van der Waals surface area contributed by atoms with Crippen molar-refractivity contribution in [3.05, 3.63) is 60.1 Å². The number of hydrogen-bond donors (Lipinski definition) is 4. The van der Waals surface area contributed by atoms with Gasteiger partial charge in [-0.1, -0.05) is 11.2 Å². The Hall–Kier alpha value is -4.06. The first-order valence-electron chi connectivity index (χ1n) is 10.9. The lowest BCUT2D eigenvalue weighted by Crippen LogP contribution is -2.47. The van der Waals surface area contributed by atoms with Crippen LogP contribution in [0.25, 0.3) is 22.2 Å². The third-order valence-corrected chi connectivity index (χ3v) is 5.90. The molecule has 3 heterocycles. The summed E-state index contributed by atoms with van der Waals surface area (Å²) in [4.78, 5) is 21.4. The molecule has 0 bridgehead atoms. The van der Waals surface area contributed by atoms with Gasteiger partial charge < -0.3 is 34.6 Å². The Bertz CT molecular complexity index is 1390. The van der Waals surface area contributed by atoms with Gasteiger partial charge in [-0.15, -0.1) is 0 Å². The van der Waals surface area contributed by atoms with Gasteiger partial charge in [-0.05, 0) is 37.6 Å². The normalized spacial score (nSPS) is 12.0. The molecule has 0 saturated heterocycles. The summed E-state index contributed by atoms with van der Waals surface area (Å²) in [5, 5.41) is 35.6. The monoisotopic (exact) mass is 494 g/mol. The van der Waals surface area contributed by atoms with Crippen molar-refractivity contribution in [1.82, 2.24) is 15.1 Å². The number of fused-ring (bicyclic) bond motifs is 1. The van der Waals surface area contributed by atoms with Crippen LogP contribution in [-0.4, -0.2) is 56.5 Å². The predicted molar refractivity (Wildman–Crippen MR) is 129 cm³/mol. The quantitative estimate of drug-likeness (QED) is 0.268. The number of methoxy groups -OCH3 is 2. The van der Waals surface area contributed by atoms with Crippen molar-refractivity contribution in [1.29, 1.82) is 0 Å². The number of anilines is 1. The fourth-order valence-corrected chi connectivity index (χ4v) is 3.46. The largest absolute Gasteiger partial charge is 0.493 e. The summed E-state index contributed by atoms with van der Waals surface area (Å²) in [6.07, 6.45) is 3.34. The van der Waals surface area contributed by atoms with Crippen molar-refractivity contribution < 1.29 is 34.1 Å². The van der Waals surface area contributed by atoms with Gasteiger partial charge in [0.25, 0.3) is 5.97 Å². The second-order valence-corrected chi connectivity index (χ2v) is 8.74. The van der Waals surface area contributed by atoms with Gasteiger partial charge in [-0.2, -0.15) is 0 Å². The smallest absolute Gasteiger partial charge is 0.288 e. The minimum atomic E-state index is -3.03. The van der Waals surface area contributed by atoms with Gasteiger partial charge in [-0.25, -0.2) is 0 Å². The molecule has 0 fully saturated rings. The van der Waals surface area contributed by atoms with Crippen molar-refractivity contribution >= 4 is 22.6 Å². The lowest BCUT2D eigenvalue weighted by molar-refractivity contribution is -0.348. The van der Waals surface area contributed by atoms with E-state index in [4.69, 9.17) is 14.0 Å². The van der Waals surface area contributed by atoms with Gasteiger partial charge in [0.1, 0.15) is 5.41 Å². The number of nitrogens with zero attached hydrogens (tertiary/aromatic N) is 3. The molecule has 0 aliphatic carbocycles. The topological polar surface area (TPSA) is 160 Å². The highest BCUT2D eigenvalue weighted by atomic mass is 16.7. The van der Waals surface area contributed by atoms with Crippen LogP contribution in [0.1, 0.15) is 25.2 Å². The lowest BCUT2D eigenvalue weighted by Gasteiger charge is -2.30. The molecule has 0 spiro atoms. The average Bonchev–Trinajstić information content (AvgIpc) is 3.31. The molecule has 0 aliphatic rings. The SMILES string of the molecule is COc1cc2cc(-c3ccc(CC(=O)Nc4cc(C(C)(C)C(O)(O)O)on4)cn3)cnc2cc1OC. The lowest BCUT2D eigenvalue weighted by atomic mass is 9.87. The molecule has 4 aromatic rings.